The van der Waals surface area contributed by atoms with Gasteiger partial charge in [0.2, 0.25) is 0 Å². The maximum absolute atomic E-state index is 12.7. The summed E-state index contributed by atoms with van der Waals surface area (Å²) in [5, 5.41) is 2.75. The fraction of sp³-hybridized carbons (Fsp3) is 0.312. The van der Waals surface area contributed by atoms with Crippen molar-refractivity contribution in [2.24, 2.45) is 5.92 Å². The Kier molecular flexibility index (Phi) is 4.39. The minimum Gasteiger partial charge on any atom is -0.453 e. The molecule has 1 aliphatic carbocycles. The van der Waals surface area contributed by atoms with Gasteiger partial charge in [0.15, 0.2) is 16.7 Å². The molecule has 0 aliphatic heterocycles. The molecule has 0 saturated carbocycles. The predicted octanol–water partition coefficient (Wildman–Crippen LogP) is 2.65. The Hall–Kier alpha value is -2.61. The number of ketones is 2. The Balaban J connectivity index is 1.82. The van der Waals surface area contributed by atoms with Crippen molar-refractivity contribution in [1.29, 1.82) is 0 Å². The van der Waals surface area contributed by atoms with Crippen LogP contribution in [-0.2, 0) is 11.2 Å². The molecule has 1 atom stereocenters. The second-order valence-corrected chi connectivity index (χ2v) is 6.42. The van der Waals surface area contributed by atoms with Crippen LogP contribution in [0.5, 0.6) is 0 Å². The van der Waals surface area contributed by atoms with E-state index in [-0.39, 0.29) is 11.6 Å². The summed E-state index contributed by atoms with van der Waals surface area (Å²) in [6.07, 6.45) is 1.76. The number of fused-ring (bicyclic) bond motifs is 1. The van der Waals surface area contributed by atoms with Crippen molar-refractivity contribution in [3.05, 3.63) is 40.2 Å². The molecule has 1 amide bonds. The van der Waals surface area contributed by atoms with Gasteiger partial charge in [0.05, 0.1) is 23.6 Å². The molecule has 0 radical (unpaired) electrons. The third-order valence-electron chi connectivity index (χ3n) is 3.81. The van der Waals surface area contributed by atoms with Crippen LogP contribution in [0.3, 0.4) is 0 Å². The lowest BCUT2D eigenvalue weighted by molar-refractivity contribution is 0.0792. The smallest absolute Gasteiger partial charge is 0.413 e. The fourth-order valence-corrected chi connectivity index (χ4v) is 3.53. The summed E-state index contributed by atoms with van der Waals surface area (Å²) >= 11 is 1.07. The lowest BCUT2D eigenvalue weighted by Crippen LogP contribution is -2.28. The zero-order chi connectivity index (χ0) is 17.3. The van der Waals surface area contributed by atoms with Crippen LogP contribution >= 0.6 is 11.3 Å². The molecular formula is C16H15N3O4S. The molecule has 0 bridgehead atoms. The van der Waals surface area contributed by atoms with E-state index in [4.69, 9.17) is 0 Å². The summed E-state index contributed by atoms with van der Waals surface area (Å²) in [5.41, 5.74) is 1.85. The number of rotatable bonds is 3. The molecule has 2 aromatic heterocycles. The highest BCUT2D eigenvalue weighted by atomic mass is 32.1. The van der Waals surface area contributed by atoms with Crippen molar-refractivity contribution in [3.63, 3.8) is 0 Å². The number of thiazole rings is 1. The van der Waals surface area contributed by atoms with Gasteiger partial charge in [-0.05, 0) is 31.9 Å². The van der Waals surface area contributed by atoms with Crippen LogP contribution in [-0.4, -0.2) is 34.7 Å². The van der Waals surface area contributed by atoms with E-state index in [9.17, 15) is 14.4 Å². The number of carbonyl (C=O) groups is 3. The van der Waals surface area contributed by atoms with E-state index < -0.39 is 12.0 Å². The third-order valence-corrected chi connectivity index (χ3v) is 4.84. The largest absolute Gasteiger partial charge is 0.453 e. The number of pyridine rings is 1. The van der Waals surface area contributed by atoms with E-state index >= 15 is 0 Å². The minimum atomic E-state index is -0.728. The number of aryl methyl sites for hydroxylation is 2. The lowest BCUT2D eigenvalue weighted by atomic mass is 9.84. The summed E-state index contributed by atoms with van der Waals surface area (Å²) in [7, 11) is 1.25. The molecule has 0 spiro atoms. The first-order valence-corrected chi connectivity index (χ1v) is 8.17. The molecule has 0 fully saturated rings. The fourth-order valence-electron chi connectivity index (χ4n) is 2.54. The van der Waals surface area contributed by atoms with Crippen molar-refractivity contribution in [2.45, 2.75) is 19.8 Å². The van der Waals surface area contributed by atoms with Gasteiger partial charge in [-0.15, -0.1) is 0 Å². The Morgan fingerprint density at radius 3 is 2.83 bits per heavy atom. The molecule has 7 nitrogen and oxygen atoms in total. The number of anilines is 1. The average molecular weight is 345 g/mol. The van der Waals surface area contributed by atoms with Gasteiger partial charge in [0, 0.05) is 17.5 Å². The highest BCUT2D eigenvalue weighted by Gasteiger charge is 2.36. The molecule has 1 aliphatic rings. The van der Waals surface area contributed by atoms with Crippen molar-refractivity contribution in [1.82, 2.24) is 9.97 Å². The van der Waals surface area contributed by atoms with E-state index in [2.05, 4.69) is 20.0 Å². The van der Waals surface area contributed by atoms with E-state index in [0.29, 0.717) is 34.1 Å². The molecule has 3 rings (SSSR count). The maximum Gasteiger partial charge on any atom is 0.413 e. The van der Waals surface area contributed by atoms with Gasteiger partial charge in [-0.3, -0.25) is 19.9 Å². The number of Topliss-reactive ketones (excluding diaryl/α,β-unsaturated/α-hetero) is 2. The van der Waals surface area contributed by atoms with Gasteiger partial charge < -0.3 is 4.74 Å². The number of nitrogens with one attached hydrogen (secondary N) is 1. The van der Waals surface area contributed by atoms with Crippen LogP contribution in [0.1, 0.15) is 37.8 Å². The zero-order valence-electron chi connectivity index (χ0n) is 13.2. The van der Waals surface area contributed by atoms with Crippen molar-refractivity contribution in [2.75, 3.05) is 12.4 Å². The van der Waals surface area contributed by atoms with Gasteiger partial charge in [0.1, 0.15) is 0 Å². The summed E-state index contributed by atoms with van der Waals surface area (Å²) in [4.78, 5) is 45.3. The van der Waals surface area contributed by atoms with Gasteiger partial charge in [-0.2, -0.15) is 0 Å². The average Bonchev–Trinajstić information content (AvgIpc) is 2.98. The number of carbonyl (C=O) groups excluding carboxylic acids is 3. The molecule has 8 heteroatoms. The number of hydrogen-bond donors (Lipinski definition) is 1. The topological polar surface area (TPSA) is 98.2 Å². The standard InChI is InChI=1S/C16H15N3O4S/c1-8-3-4-9(7-17-8)12(20)10-5-6-11-14(13(10)21)24-15(18-11)19-16(22)23-2/h3-4,7,10H,5-6H2,1-2H3,(H,18,19,22). The molecular weight excluding hydrogens is 330 g/mol. The molecule has 0 aromatic carbocycles. The van der Waals surface area contributed by atoms with Crippen LogP contribution in [0.25, 0.3) is 0 Å². The Morgan fingerprint density at radius 1 is 1.38 bits per heavy atom. The van der Waals surface area contributed by atoms with Gasteiger partial charge in [-0.1, -0.05) is 11.3 Å². The van der Waals surface area contributed by atoms with Crippen LogP contribution in [0.2, 0.25) is 0 Å². The Morgan fingerprint density at radius 2 is 2.17 bits per heavy atom. The molecule has 1 unspecified atom stereocenters. The summed E-state index contributed by atoms with van der Waals surface area (Å²) in [5.74, 6) is -1.21. The van der Waals surface area contributed by atoms with Crippen molar-refractivity contribution < 1.29 is 19.1 Å². The number of methoxy groups -OCH3 is 1. The summed E-state index contributed by atoms with van der Waals surface area (Å²) in [6, 6.07) is 3.43. The van der Waals surface area contributed by atoms with Gasteiger partial charge in [0.25, 0.3) is 0 Å². The zero-order valence-corrected chi connectivity index (χ0v) is 14.0. The van der Waals surface area contributed by atoms with E-state index in [1.807, 2.05) is 6.92 Å². The molecule has 0 saturated heterocycles. The lowest BCUT2D eigenvalue weighted by Gasteiger charge is -2.18. The quantitative estimate of drug-likeness (QED) is 0.678. The number of hydrogen-bond acceptors (Lipinski definition) is 7. The normalized spacial score (nSPS) is 16.4. The van der Waals surface area contributed by atoms with Gasteiger partial charge in [-0.25, -0.2) is 9.78 Å². The summed E-state index contributed by atoms with van der Waals surface area (Å²) in [6.45, 7) is 1.83. The second kappa shape index (κ2) is 6.48. The SMILES string of the molecule is COC(=O)Nc1nc2c(s1)C(=O)C(C(=O)c1ccc(C)nc1)CC2. The first-order chi connectivity index (χ1) is 11.5. The number of amides is 1. The molecule has 2 aromatic rings. The minimum absolute atomic E-state index is 0.228. The monoisotopic (exact) mass is 345 g/mol. The molecule has 24 heavy (non-hydrogen) atoms. The number of nitrogens with zero attached hydrogens (tertiary/aromatic N) is 2. The number of aromatic nitrogens is 2. The molecule has 124 valence electrons. The Labute approximate surface area is 142 Å². The van der Waals surface area contributed by atoms with Crippen LogP contribution < -0.4 is 5.32 Å². The van der Waals surface area contributed by atoms with E-state index in [1.54, 1.807) is 12.1 Å². The highest BCUT2D eigenvalue weighted by Crippen LogP contribution is 2.33. The Bertz CT molecular complexity index is 813. The van der Waals surface area contributed by atoms with Crippen LogP contribution in [0, 0.1) is 12.8 Å². The van der Waals surface area contributed by atoms with E-state index in [1.165, 1.54) is 13.3 Å². The van der Waals surface area contributed by atoms with Crippen LogP contribution in [0.4, 0.5) is 9.93 Å². The molecule has 2 heterocycles. The first kappa shape index (κ1) is 16.3. The third kappa shape index (κ3) is 3.05. The number of ether oxygens (including phenoxy) is 1. The maximum atomic E-state index is 12.7. The second-order valence-electron chi connectivity index (χ2n) is 5.42. The predicted molar refractivity (Wildman–Crippen MR) is 87.6 cm³/mol. The first-order valence-electron chi connectivity index (χ1n) is 7.35. The van der Waals surface area contributed by atoms with Crippen molar-refractivity contribution >= 4 is 34.1 Å². The van der Waals surface area contributed by atoms with Crippen molar-refractivity contribution in [3.8, 4) is 0 Å². The molecule has 1 N–H and O–H groups in total. The summed E-state index contributed by atoms with van der Waals surface area (Å²) < 4.78 is 4.51. The highest BCUT2D eigenvalue weighted by molar-refractivity contribution is 7.17. The van der Waals surface area contributed by atoms with E-state index in [0.717, 1.165) is 17.0 Å². The van der Waals surface area contributed by atoms with Gasteiger partial charge >= 0.3 is 6.09 Å². The van der Waals surface area contributed by atoms with Crippen LogP contribution in [0.15, 0.2) is 18.3 Å².